The molecule has 0 atom stereocenters. The van der Waals surface area contributed by atoms with Crippen LogP contribution in [0.4, 0.5) is 0 Å². The van der Waals surface area contributed by atoms with Gasteiger partial charge in [0, 0.05) is 13.1 Å². The Morgan fingerprint density at radius 3 is 1.48 bits per heavy atom. The number of thiocarbonyl (C=S) groups is 1. The minimum atomic E-state index is 0.126. The topological polar surface area (TPSA) is 44.3 Å². The fraction of sp³-hybridized carbons (Fsp3) is 0.947. The third kappa shape index (κ3) is 19.6. The van der Waals surface area contributed by atoms with Gasteiger partial charge in [-0.2, -0.15) is 0 Å². The largest absolute Gasteiger partial charge is 0.395 e. The molecule has 3 N–H and O–H groups in total. The standard InChI is InChI=1S/C19H40N2OS/c1-2-3-4-5-6-7-8-9-10-11-12-13-14-15-16-20-19(23)21-17-18-22/h22H,2-18H2,1H3,(H2,20,21,23). The third-order valence-electron chi connectivity index (χ3n) is 4.21. The van der Waals surface area contributed by atoms with Crippen LogP contribution < -0.4 is 10.6 Å². The van der Waals surface area contributed by atoms with Crippen molar-refractivity contribution in [3.8, 4) is 0 Å². The smallest absolute Gasteiger partial charge is 0.166 e. The van der Waals surface area contributed by atoms with Gasteiger partial charge in [0.15, 0.2) is 5.11 Å². The van der Waals surface area contributed by atoms with E-state index in [-0.39, 0.29) is 6.61 Å². The molecule has 138 valence electrons. The first-order valence-electron chi connectivity index (χ1n) is 9.93. The highest BCUT2D eigenvalue weighted by molar-refractivity contribution is 7.80. The van der Waals surface area contributed by atoms with Crippen LogP contribution in [0, 0.1) is 0 Å². The third-order valence-corrected chi connectivity index (χ3v) is 4.50. The maximum Gasteiger partial charge on any atom is 0.166 e. The van der Waals surface area contributed by atoms with Crippen molar-refractivity contribution in [3.63, 3.8) is 0 Å². The summed E-state index contributed by atoms with van der Waals surface area (Å²) in [7, 11) is 0. The molecule has 0 heterocycles. The van der Waals surface area contributed by atoms with E-state index in [9.17, 15) is 0 Å². The Balaban J connectivity index is 3.04. The molecule has 0 bridgehead atoms. The van der Waals surface area contributed by atoms with Crippen molar-refractivity contribution >= 4 is 17.3 Å². The van der Waals surface area contributed by atoms with Crippen molar-refractivity contribution in [2.75, 3.05) is 19.7 Å². The molecular formula is C19H40N2OS. The van der Waals surface area contributed by atoms with Crippen LogP contribution in [0.5, 0.6) is 0 Å². The van der Waals surface area contributed by atoms with Gasteiger partial charge in [-0.1, -0.05) is 90.4 Å². The number of rotatable bonds is 17. The number of hydrogen-bond acceptors (Lipinski definition) is 2. The van der Waals surface area contributed by atoms with Crippen LogP contribution in [0.3, 0.4) is 0 Å². The van der Waals surface area contributed by atoms with E-state index in [4.69, 9.17) is 17.3 Å². The minimum Gasteiger partial charge on any atom is -0.395 e. The first-order chi connectivity index (χ1) is 11.3. The van der Waals surface area contributed by atoms with Gasteiger partial charge in [-0.05, 0) is 18.6 Å². The minimum absolute atomic E-state index is 0.126. The zero-order valence-corrected chi connectivity index (χ0v) is 16.2. The molecule has 0 saturated heterocycles. The summed E-state index contributed by atoms with van der Waals surface area (Å²) >= 11 is 5.09. The average molecular weight is 345 g/mol. The molecule has 0 aliphatic heterocycles. The van der Waals surface area contributed by atoms with Crippen LogP contribution in [-0.4, -0.2) is 29.9 Å². The predicted molar refractivity (Wildman–Crippen MR) is 106 cm³/mol. The van der Waals surface area contributed by atoms with Crippen molar-refractivity contribution < 1.29 is 5.11 Å². The maximum atomic E-state index is 8.67. The van der Waals surface area contributed by atoms with Gasteiger partial charge in [0.25, 0.3) is 0 Å². The number of aliphatic hydroxyl groups is 1. The van der Waals surface area contributed by atoms with Crippen LogP contribution in [-0.2, 0) is 0 Å². The molecule has 0 fully saturated rings. The molecule has 0 aromatic carbocycles. The molecule has 0 aromatic rings. The van der Waals surface area contributed by atoms with Gasteiger partial charge in [-0.25, -0.2) is 0 Å². The second-order valence-electron chi connectivity index (χ2n) is 6.50. The van der Waals surface area contributed by atoms with Crippen LogP contribution in [0.1, 0.15) is 96.8 Å². The van der Waals surface area contributed by atoms with Crippen molar-refractivity contribution in [2.24, 2.45) is 0 Å². The Hall–Kier alpha value is -0.350. The molecule has 0 radical (unpaired) electrons. The zero-order chi connectivity index (χ0) is 17.0. The van der Waals surface area contributed by atoms with Crippen molar-refractivity contribution in [1.82, 2.24) is 10.6 Å². The highest BCUT2D eigenvalue weighted by atomic mass is 32.1. The van der Waals surface area contributed by atoms with E-state index in [0.29, 0.717) is 11.7 Å². The van der Waals surface area contributed by atoms with E-state index in [1.165, 1.54) is 89.9 Å². The molecule has 0 amide bonds. The molecule has 23 heavy (non-hydrogen) atoms. The Bertz CT molecular complexity index is 250. The van der Waals surface area contributed by atoms with Crippen molar-refractivity contribution in [3.05, 3.63) is 0 Å². The Morgan fingerprint density at radius 1 is 0.652 bits per heavy atom. The highest BCUT2D eigenvalue weighted by Gasteiger charge is 1.95. The number of hydrogen-bond donors (Lipinski definition) is 3. The molecule has 0 aliphatic rings. The zero-order valence-electron chi connectivity index (χ0n) is 15.4. The summed E-state index contributed by atoms with van der Waals surface area (Å²) in [6.45, 7) is 3.88. The van der Waals surface area contributed by atoms with Gasteiger partial charge in [-0.15, -0.1) is 0 Å². The first kappa shape index (κ1) is 22.6. The predicted octanol–water partition coefficient (Wildman–Crippen LogP) is 4.92. The number of aliphatic hydroxyl groups excluding tert-OH is 1. The van der Waals surface area contributed by atoms with Crippen molar-refractivity contribution in [2.45, 2.75) is 96.8 Å². The Kier molecular flexibility index (Phi) is 19.4. The molecule has 4 heteroatoms. The lowest BCUT2D eigenvalue weighted by atomic mass is 10.0. The van der Waals surface area contributed by atoms with Crippen LogP contribution in [0.2, 0.25) is 0 Å². The summed E-state index contributed by atoms with van der Waals surface area (Å²) in [5.74, 6) is 0. The Morgan fingerprint density at radius 2 is 1.04 bits per heavy atom. The van der Waals surface area contributed by atoms with Gasteiger partial charge in [0.1, 0.15) is 0 Å². The maximum absolute atomic E-state index is 8.67. The molecule has 0 aliphatic carbocycles. The molecule has 3 nitrogen and oxygen atoms in total. The van der Waals surface area contributed by atoms with Crippen LogP contribution in [0.25, 0.3) is 0 Å². The normalized spacial score (nSPS) is 10.7. The number of unbranched alkanes of at least 4 members (excludes halogenated alkanes) is 13. The lowest BCUT2D eigenvalue weighted by Crippen LogP contribution is -2.37. The highest BCUT2D eigenvalue weighted by Crippen LogP contribution is 2.12. The fourth-order valence-electron chi connectivity index (χ4n) is 2.75. The van der Waals surface area contributed by atoms with Gasteiger partial charge in [-0.3, -0.25) is 0 Å². The van der Waals surface area contributed by atoms with Gasteiger partial charge < -0.3 is 15.7 Å². The van der Waals surface area contributed by atoms with E-state index in [2.05, 4.69) is 17.6 Å². The quantitative estimate of drug-likeness (QED) is 0.259. The van der Waals surface area contributed by atoms with E-state index in [1.807, 2.05) is 0 Å². The summed E-state index contributed by atoms with van der Waals surface area (Å²) in [6, 6.07) is 0. The summed E-state index contributed by atoms with van der Waals surface area (Å²) < 4.78 is 0. The lowest BCUT2D eigenvalue weighted by molar-refractivity contribution is 0.300. The summed E-state index contributed by atoms with van der Waals surface area (Å²) in [6.07, 6.45) is 19.4. The summed E-state index contributed by atoms with van der Waals surface area (Å²) in [5, 5.41) is 15.5. The van der Waals surface area contributed by atoms with Gasteiger partial charge >= 0.3 is 0 Å². The van der Waals surface area contributed by atoms with E-state index in [0.717, 1.165) is 6.54 Å². The van der Waals surface area contributed by atoms with Gasteiger partial charge in [0.2, 0.25) is 0 Å². The fourth-order valence-corrected chi connectivity index (χ4v) is 2.96. The van der Waals surface area contributed by atoms with E-state index in [1.54, 1.807) is 0 Å². The average Bonchev–Trinajstić information content (AvgIpc) is 2.56. The molecule has 0 spiro atoms. The van der Waals surface area contributed by atoms with Crippen molar-refractivity contribution in [1.29, 1.82) is 0 Å². The second-order valence-corrected chi connectivity index (χ2v) is 6.91. The molecule has 0 aromatic heterocycles. The van der Waals surface area contributed by atoms with E-state index >= 15 is 0 Å². The monoisotopic (exact) mass is 344 g/mol. The second kappa shape index (κ2) is 19.7. The molecule has 0 saturated carbocycles. The lowest BCUT2D eigenvalue weighted by Gasteiger charge is -2.09. The Labute approximate surface area is 150 Å². The van der Waals surface area contributed by atoms with Gasteiger partial charge in [0.05, 0.1) is 6.61 Å². The summed E-state index contributed by atoms with van der Waals surface area (Å²) in [5.41, 5.74) is 0. The summed E-state index contributed by atoms with van der Waals surface area (Å²) in [4.78, 5) is 0. The first-order valence-corrected chi connectivity index (χ1v) is 10.3. The SMILES string of the molecule is CCCCCCCCCCCCCCCCNC(=S)NCCO. The molecular weight excluding hydrogens is 304 g/mol. The van der Waals surface area contributed by atoms with E-state index < -0.39 is 0 Å². The van der Waals surface area contributed by atoms with Crippen LogP contribution >= 0.6 is 12.2 Å². The number of nitrogens with one attached hydrogen (secondary N) is 2. The van der Waals surface area contributed by atoms with Crippen LogP contribution in [0.15, 0.2) is 0 Å². The molecule has 0 rings (SSSR count). The molecule has 0 unspecified atom stereocenters.